The van der Waals surface area contributed by atoms with Gasteiger partial charge in [-0.15, -0.1) is 11.3 Å². The van der Waals surface area contributed by atoms with Crippen molar-refractivity contribution in [3.8, 4) is 22.0 Å². The number of nitrogens with zero attached hydrogens (tertiary/aromatic N) is 4. The molecular formula is C21H19N5O2S. The Labute approximate surface area is 171 Å². The first-order valence-corrected chi connectivity index (χ1v) is 9.99. The van der Waals surface area contributed by atoms with Gasteiger partial charge in [0.25, 0.3) is 5.91 Å². The van der Waals surface area contributed by atoms with E-state index in [1.807, 2.05) is 44.2 Å². The third-order valence-corrected chi connectivity index (χ3v) is 5.39. The van der Waals surface area contributed by atoms with Gasteiger partial charge in [0.05, 0.1) is 6.20 Å². The molecule has 1 amide bonds. The second-order valence-corrected chi connectivity index (χ2v) is 7.81. The quantitative estimate of drug-likeness (QED) is 0.511. The van der Waals surface area contributed by atoms with E-state index in [9.17, 15) is 4.79 Å². The molecule has 0 bridgehead atoms. The van der Waals surface area contributed by atoms with Crippen LogP contribution in [0.2, 0.25) is 0 Å². The highest BCUT2D eigenvalue weighted by Gasteiger charge is 2.26. The Hall–Kier alpha value is -3.39. The van der Waals surface area contributed by atoms with E-state index in [1.54, 1.807) is 30.7 Å². The summed E-state index contributed by atoms with van der Waals surface area (Å²) in [5, 5.41) is 7.84. The zero-order valence-corrected chi connectivity index (χ0v) is 16.8. The monoisotopic (exact) mass is 405 g/mol. The van der Waals surface area contributed by atoms with Gasteiger partial charge in [-0.3, -0.25) is 9.78 Å². The van der Waals surface area contributed by atoms with Crippen molar-refractivity contribution in [1.82, 2.24) is 25.4 Å². The lowest BCUT2D eigenvalue weighted by Gasteiger charge is -2.17. The number of pyridine rings is 1. The molecule has 1 aromatic carbocycles. The van der Waals surface area contributed by atoms with Crippen LogP contribution in [-0.2, 0) is 0 Å². The SMILES string of the molecule is CC(C)C(NC(=O)c1cnc(-c2ccccc2)s1)c1nc(-c2ccncc2)no1. The van der Waals surface area contributed by atoms with Crippen molar-refractivity contribution in [3.05, 3.63) is 71.8 Å². The van der Waals surface area contributed by atoms with E-state index >= 15 is 0 Å². The van der Waals surface area contributed by atoms with E-state index < -0.39 is 6.04 Å². The molecule has 0 aliphatic rings. The first kappa shape index (κ1) is 18.9. The summed E-state index contributed by atoms with van der Waals surface area (Å²) >= 11 is 1.35. The number of thiazole rings is 1. The summed E-state index contributed by atoms with van der Waals surface area (Å²) in [7, 11) is 0. The molecule has 0 fully saturated rings. The van der Waals surface area contributed by atoms with Gasteiger partial charge in [0.15, 0.2) is 0 Å². The summed E-state index contributed by atoms with van der Waals surface area (Å²) in [4.78, 5) is 26.2. The van der Waals surface area contributed by atoms with Gasteiger partial charge in [0.2, 0.25) is 11.7 Å². The molecule has 0 aliphatic heterocycles. The molecule has 3 aromatic heterocycles. The van der Waals surface area contributed by atoms with Crippen molar-refractivity contribution < 1.29 is 9.32 Å². The van der Waals surface area contributed by atoms with Crippen LogP contribution in [0.15, 0.2) is 65.6 Å². The van der Waals surface area contributed by atoms with Crippen LogP contribution in [-0.4, -0.2) is 26.0 Å². The zero-order chi connectivity index (χ0) is 20.2. The summed E-state index contributed by atoms with van der Waals surface area (Å²) in [6.07, 6.45) is 4.93. The van der Waals surface area contributed by atoms with Gasteiger partial charge in [-0.25, -0.2) is 4.98 Å². The lowest BCUT2D eigenvalue weighted by Crippen LogP contribution is -2.31. The summed E-state index contributed by atoms with van der Waals surface area (Å²) in [5.74, 6) is 0.678. The van der Waals surface area contributed by atoms with Crippen molar-refractivity contribution in [2.45, 2.75) is 19.9 Å². The average molecular weight is 405 g/mol. The summed E-state index contributed by atoms with van der Waals surface area (Å²) < 4.78 is 5.45. The van der Waals surface area contributed by atoms with Crippen molar-refractivity contribution in [1.29, 1.82) is 0 Å². The molecule has 0 radical (unpaired) electrons. The molecule has 0 saturated carbocycles. The number of rotatable bonds is 6. The number of carbonyl (C=O) groups is 1. The molecule has 1 N–H and O–H groups in total. The van der Waals surface area contributed by atoms with Crippen molar-refractivity contribution >= 4 is 17.2 Å². The van der Waals surface area contributed by atoms with Gasteiger partial charge >= 0.3 is 0 Å². The summed E-state index contributed by atoms with van der Waals surface area (Å²) in [6, 6.07) is 13.0. The van der Waals surface area contributed by atoms with E-state index in [0.29, 0.717) is 16.6 Å². The van der Waals surface area contributed by atoms with E-state index in [-0.39, 0.29) is 11.8 Å². The Bertz CT molecular complexity index is 1090. The Morgan fingerprint density at radius 2 is 1.83 bits per heavy atom. The predicted octanol–water partition coefficient (Wildman–Crippen LogP) is 4.38. The molecule has 4 rings (SSSR count). The van der Waals surface area contributed by atoms with Crippen molar-refractivity contribution in [2.24, 2.45) is 5.92 Å². The lowest BCUT2D eigenvalue weighted by molar-refractivity contribution is 0.0918. The maximum Gasteiger partial charge on any atom is 0.263 e. The van der Waals surface area contributed by atoms with Gasteiger partial charge in [-0.1, -0.05) is 49.3 Å². The lowest BCUT2D eigenvalue weighted by atomic mass is 10.0. The van der Waals surface area contributed by atoms with Gasteiger partial charge in [0, 0.05) is 23.5 Å². The molecular weight excluding hydrogens is 386 g/mol. The molecule has 0 aliphatic carbocycles. The molecule has 7 nitrogen and oxygen atoms in total. The van der Waals surface area contributed by atoms with E-state index in [1.165, 1.54) is 11.3 Å². The minimum absolute atomic E-state index is 0.0613. The Kier molecular flexibility index (Phi) is 5.44. The third-order valence-electron chi connectivity index (χ3n) is 4.35. The number of benzene rings is 1. The maximum absolute atomic E-state index is 12.8. The van der Waals surface area contributed by atoms with Gasteiger partial charge < -0.3 is 9.84 Å². The van der Waals surface area contributed by atoms with E-state index in [2.05, 4.69) is 25.4 Å². The second kappa shape index (κ2) is 8.32. The number of nitrogens with one attached hydrogen (secondary N) is 1. The first-order chi connectivity index (χ1) is 14.1. The van der Waals surface area contributed by atoms with Crippen LogP contribution in [0.1, 0.15) is 35.5 Å². The largest absolute Gasteiger partial charge is 0.339 e. The highest BCUT2D eigenvalue weighted by atomic mass is 32.1. The van der Waals surface area contributed by atoms with Crippen LogP contribution in [0.25, 0.3) is 22.0 Å². The normalized spacial score (nSPS) is 12.1. The Balaban J connectivity index is 1.53. The van der Waals surface area contributed by atoms with E-state index in [0.717, 1.165) is 16.1 Å². The Morgan fingerprint density at radius 3 is 2.55 bits per heavy atom. The fourth-order valence-electron chi connectivity index (χ4n) is 2.80. The number of carbonyl (C=O) groups excluding carboxylic acids is 1. The molecule has 3 heterocycles. The first-order valence-electron chi connectivity index (χ1n) is 9.18. The highest BCUT2D eigenvalue weighted by molar-refractivity contribution is 7.16. The standard InChI is InChI=1S/C21H19N5O2S/c1-13(2)17(20-25-18(26-28-20)14-8-10-22-11-9-14)24-19(27)16-12-23-21(29-16)15-6-4-3-5-7-15/h3-13,17H,1-2H3,(H,24,27). The maximum atomic E-state index is 12.8. The predicted molar refractivity (Wildman–Crippen MR) is 110 cm³/mol. The number of hydrogen-bond donors (Lipinski definition) is 1. The molecule has 0 saturated heterocycles. The molecule has 8 heteroatoms. The average Bonchev–Trinajstić information content (AvgIpc) is 3.43. The van der Waals surface area contributed by atoms with E-state index in [4.69, 9.17) is 4.52 Å². The van der Waals surface area contributed by atoms with Crippen molar-refractivity contribution in [3.63, 3.8) is 0 Å². The molecule has 146 valence electrons. The fraction of sp³-hybridized carbons (Fsp3) is 0.190. The van der Waals surface area contributed by atoms with Gasteiger partial charge in [-0.05, 0) is 18.1 Å². The van der Waals surface area contributed by atoms with Crippen molar-refractivity contribution in [2.75, 3.05) is 0 Å². The van der Waals surface area contributed by atoms with Crippen LogP contribution < -0.4 is 5.32 Å². The molecule has 0 spiro atoms. The number of hydrogen-bond acceptors (Lipinski definition) is 7. The molecule has 1 atom stereocenters. The van der Waals surface area contributed by atoms with Gasteiger partial charge in [-0.2, -0.15) is 4.98 Å². The molecule has 1 unspecified atom stereocenters. The van der Waals surface area contributed by atoms with Crippen LogP contribution >= 0.6 is 11.3 Å². The topological polar surface area (TPSA) is 93.8 Å². The smallest absolute Gasteiger partial charge is 0.263 e. The summed E-state index contributed by atoms with van der Waals surface area (Å²) in [5.41, 5.74) is 1.79. The zero-order valence-electron chi connectivity index (χ0n) is 15.9. The number of aromatic nitrogens is 4. The fourth-order valence-corrected chi connectivity index (χ4v) is 3.62. The van der Waals surface area contributed by atoms with Gasteiger partial charge in [0.1, 0.15) is 15.9 Å². The van der Waals surface area contributed by atoms with Crippen LogP contribution in [0.3, 0.4) is 0 Å². The van der Waals surface area contributed by atoms with Crippen LogP contribution in [0.5, 0.6) is 0 Å². The second-order valence-electron chi connectivity index (χ2n) is 6.78. The number of amides is 1. The minimum Gasteiger partial charge on any atom is -0.339 e. The third kappa shape index (κ3) is 4.22. The highest BCUT2D eigenvalue weighted by Crippen LogP contribution is 2.27. The Morgan fingerprint density at radius 1 is 1.07 bits per heavy atom. The minimum atomic E-state index is -0.409. The van der Waals surface area contributed by atoms with Crippen LogP contribution in [0.4, 0.5) is 0 Å². The molecule has 4 aromatic rings. The molecule has 29 heavy (non-hydrogen) atoms. The van der Waals surface area contributed by atoms with Crippen LogP contribution in [0, 0.1) is 5.92 Å². The summed E-state index contributed by atoms with van der Waals surface area (Å²) in [6.45, 7) is 3.98.